The topological polar surface area (TPSA) is 95.9 Å². The van der Waals surface area contributed by atoms with E-state index in [1.165, 1.54) is 11.8 Å². The van der Waals surface area contributed by atoms with Crippen LogP contribution in [0, 0.1) is 5.41 Å². The standard InChI is InChI=1S/C28H40N2O5S2/c1-5-7-12-28(13-8-6-2)19-30(22-10-9-11-23(15-22)35-3)24-16-25(36-4)21(17-29-18-27(31)32)14-26(24)37(33,34)20-28/h9-11,14-16,29H,5-8,12-13,17-20H2,1-4H3,(H,31,32). The maximum absolute atomic E-state index is 14.1. The number of ether oxygens (including phenoxy) is 1. The first-order valence-electron chi connectivity index (χ1n) is 13.0. The third-order valence-corrected chi connectivity index (χ3v) is 9.86. The monoisotopic (exact) mass is 548 g/mol. The van der Waals surface area contributed by atoms with Gasteiger partial charge in [0.05, 0.1) is 30.0 Å². The lowest BCUT2D eigenvalue weighted by Gasteiger charge is -2.37. The molecule has 1 heterocycles. The van der Waals surface area contributed by atoms with Crippen LogP contribution in [0.4, 0.5) is 11.4 Å². The van der Waals surface area contributed by atoms with Gasteiger partial charge in [-0.15, -0.1) is 11.8 Å². The number of anilines is 2. The van der Waals surface area contributed by atoms with E-state index in [9.17, 15) is 13.2 Å². The molecule has 1 aliphatic heterocycles. The fraction of sp³-hybridized carbons (Fsp3) is 0.536. The Morgan fingerprint density at radius 1 is 1.16 bits per heavy atom. The van der Waals surface area contributed by atoms with Crippen molar-refractivity contribution in [1.82, 2.24) is 5.32 Å². The Hall–Kier alpha value is -2.23. The highest BCUT2D eigenvalue weighted by molar-refractivity contribution is 7.98. The summed E-state index contributed by atoms with van der Waals surface area (Å²) in [6.07, 6.45) is 7.62. The molecule has 0 aliphatic carbocycles. The highest BCUT2D eigenvalue weighted by Gasteiger charge is 2.42. The number of carboxylic acid groups (broad SMARTS) is 1. The normalized spacial score (nSPS) is 16.2. The molecular weight excluding hydrogens is 508 g/mol. The lowest BCUT2D eigenvalue weighted by Crippen LogP contribution is -2.38. The minimum Gasteiger partial charge on any atom is -0.497 e. The van der Waals surface area contributed by atoms with E-state index in [0.29, 0.717) is 17.1 Å². The molecule has 0 fully saturated rings. The van der Waals surface area contributed by atoms with Crippen LogP contribution in [-0.2, 0) is 21.2 Å². The molecule has 0 saturated heterocycles. The van der Waals surface area contributed by atoms with E-state index in [1.54, 1.807) is 13.2 Å². The lowest BCUT2D eigenvalue weighted by molar-refractivity contribution is -0.136. The molecule has 0 unspecified atom stereocenters. The zero-order valence-corrected chi connectivity index (χ0v) is 24.0. The van der Waals surface area contributed by atoms with Gasteiger partial charge in [-0.1, -0.05) is 45.6 Å². The van der Waals surface area contributed by atoms with Crippen LogP contribution >= 0.6 is 11.8 Å². The van der Waals surface area contributed by atoms with Crippen molar-refractivity contribution >= 4 is 38.9 Å². The molecule has 0 aromatic heterocycles. The molecular formula is C28H40N2O5S2. The largest absolute Gasteiger partial charge is 0.497 e. The molecule has 1 aliphatic rings. The van der Waals surface area contributed by atoms with Crippen molar-refractivity contribution in [3.05, 3.63) is 42.0 Å². The first-order chi connectivity index (χ1) is 17.7. The maximum Gasteiger partial charge on any atom is 0.317 e. The number of carbonyl (C=O) groups is 1. The van der Waals surface area contributed by atoms with Gasteiger partial charge in [-0.2, -0.15) is 0 Å². The van der Waals surface area contributed by atoms with Crippen molar-refractivity contribution < 1.29 is 23.1 Å². The van der Waals surface area contributed by atoms with Crippen molar-refractivity contribution in [3.8, 4) is 5.75 Å². The Bertz CT molecular complexity index is 1180. The summed E-state index contributed by atoms with van der Waals surface area (Å²) < 4.78 is 33.7. The summed E-state index contributed by atoms with van der Waals surface area (Å²) >= 11 is 1.53. The molecule has 0 spiro atoms. The summed E-state index contributed by atoms with van der Waals surface area (Å²) in [6, 6.07) is 11.5. The van der Waals surface area contributed by atoms with E-state index in [-0.39, 0.29) is 24.3 Å². The van der Waals surface area contributed by atoms with E-state index in [0.717, 1.165) is 60.4 Å². The van der Waals surface area contributed by atoms with Crippen molar-refractivity contribution in [1.29, 1.82) is 0 Å². The van der Waals surface area contributed by atoms with E-state index in [1.807, 2.05) is 36.6 Å². The zero-order chi connectivity index (χ0) is 27.1. The van der Waals surface area contributed by atoms with Gasteiger partial charge in [0.25, 0.3) is 0 Å². The molecule has 37 heavy (non-hydrogen) atoms. The Balaban J connectivity index is 2.23. The Kier molecular flexibility index (Phi) is 10.3. The molecule has 204 valence electrons. The summed E-state index contributed by atoms with van der Waals surface area (Å²) in [6.45, 7) is 4.99. The molecule has 2 aromatic carbocycles. The van der Waals surface area contributed by atoms with E-state index in [2.05, 4.69) is 24.1 Å². The average Bonchev–Trinajstić information content (AvgIpc) is 2.97. The van der Waals surface area contributed by atoms with Crippen molar-refractivity contribution in [2.75, 3.05) is 37.1 Å². The second-order valence-corrected chi connectivity index (χ2v) is 12.7. The number of hydrogen-bond acceptors (Lipinski definition) is 7. The zero-order valence-electron chi connectivity index (χ0n) is 22.4. The Labute approximate surface area is 225 Å². The number of hydrogen-bond donors (Lipinski definition) is 2. The molecule has 2 aromatic rings. The van der Waals surface area contributed by atoms with Gasteiger partial charge < -0.3 is 20.1 Å². The third-order valence-electron chi connectivity index (χ3n) is 7.06. The number of nitrogens with one attached hydrogen (secondary N) is 1. The van der Waals surface area contributed by atoms with Gasteiger partial charge in [-0.25, -0.2) is 8.42 Å². The quantitative estimate of drug-likeness (QED) is 0.300. The summed E-state index contributed by atoms with van der Waals surface area (Å²) in [5.41, 5.74) is 1.98. The average molecular weight is 549 g/mol. The van der Waals surface area contributed by atoms with Crippen LogP contribution in [0.5, 0.6) is 5.75 Å². The smallest absolute Gasteiger partial charge is 0.317 e. The molecule has 0 saturated carbocycles. The molecule has 0 amide bonds. The molecule has 9 heteroatoms. The van der Waals surface area contributed by atoms with Crippen LogP contribution in [0.2, 0.25) is 0 Å². The number of rotatable bonds is 13. The van der Waals surface area contributed by atoms with Crippen LogP contribution < -0.4 is 15.0 Å². The number of benzene rings is 2. The van der Waals surface area contributed by atoms with Gasteiger partial charge in [0.1, 0.15) is 5.75 Å². The highest BCUT2D eigenvalue weighted by atomic mass is 32.2. The molecule has 0 bridgehead atoms. The van der Waals surface area contributed by atoms with Gasteiger partial charge in [0.15, 0.2) is 9.84 Å². The predicted molar refractivity (Wildman–Crippen MR) is 151 cm³/mol. The van der Waals surface area contributed by atoms with Crippen molar-refractivity contribution in [2.45, 2.75) is 68.7 Å². The van der Waals surface area contributed by atoms with E-state index in [4.69, 9.17) is 9.84 Å². The first kappa shape index (κ1) is 29.3. The summed E-state index contributed by atoms with van der Waals surface area (Å²) in [4.78, 5) is 14.4. The number of sulfone groups is 1. The van der Waals surface area contributed by atoms with Crippen LogP contribution in [-0.4, -0.2) is 51.7 Å². The number of nitrogens with zero attached hydrogens (tertiary/aromatic N) is 1. The highest BCUT2D eigenvalue weighted by Crippen LogP contribution is 2.46. The van der Waals surface area contributed by atoms with Crippen molar-refractivity contribution in [3.63, 3.8) is 0 Å². The summed E-state index contributed by atoms with van der Waals surface area (Å²) in [7, 11) is -1.98. The summed E-state index contributed by atoms with van der Waals surface area (Å²) in [5.74, 6) is -0.124. The SMILES string of the molecule is CCCCC1(CCCC)CN(c2cccc(OC)c2)c2cc(SC)c(CNCC(=O)O)cc2S(=O)(=O)C1. The van der Waals surface area contributed by atoms with Gasteiger partial charge in [-0.3, -0.25) is 4.79 Å². The number of fused-ring (bicyclic) bond motifs is 1. The van der Waals surface area contributed by atoms with Crippen LogP contribution in [0.1, 0.15) is 57.9 Å². The van der Waals surface area contributed by atoms with Crippen LogP contribution in [0.3, 0.4) is 0 Å². The fourth-order valence-corrected chi connectivity index (χ4v) is 7.94. The number of unbranched alkanes of at least 4 members (excludes halogenated alkanes) is 2. The second kappa shape index (κ2) is 13.0. The maximum atomic E-state index is 14.1. The fourth-order valence-electron chi connectivity index (χ4n) is 5.17. The number of methoxy groups -OCH3 is 1. The van der Waals surface area contributed by atoms with E-state index >= 15 is 0 Å². The third kappa shape index (κ3) is 7.21. The molecule has 3 rings (SSSR count). The van der Waals surface area contributed by atoms with Gasteiger partial charge in [-0.05, 0) is 48.9 Å². The van der Waals surface area contributed by atoms with Gasteiger partial charge >= 0.3 is 5.97 Å². The Morgan fingerprint density at radius 2 is 1.86 bits per heavy atom. The lowest BCUT2D eigenvalue weighted by atomic mass is 9.79. The second-order valence-electron chi connectivity index (χ2n) is 9.88. The molecule has 0 atom stereocenters. The molecule has 7 nitrogen and oxygen atoms in total. The van der Waals surface area contributed by atoms with Gasteiger partial charge in [0, 0.05) is 35.2 Å². The van der Waals surface area contributed by atoms with Crippen LogP contribution in [0.15, 0.2) is 46.2 Å². The summed E-state index contributed by atoms with van der Waals surface area (Å²) in [5, 5.41) is 12.0. The minimum atomic E-state index is -3.62. The van der Waals surface area contributed by atoms with Gasteiger partial charge in [0.2, 0.25) is 0 Å². The Morgan fingerprint density at radius 3 is 2.46 bits per heavy atom. The molecule has 0 radical (unpaired) electrons. The minimum absolute atomic E-state index is 0.105. The number of thioether (sulfide) groups is 1. The number of aliphatic carboxylic acids is 1. The first-order valence-corrected chi connectivity index (χ1v) is 15.8. The number of carboxylic acids is 1. The predicted octanol–water partition coefficient (Wildman–Crippen LogP) is 5.88. The van der Waals surface area contributed by atoms with E-state index < -0.39 is 15.8 Å². The van der Waals surface area contributed by atoms with Crippen LogP contribution in [0.25, 0.3) is 0 Å². The van der Waals surface area contributed by atoms with Crippen molar-refractivity contribution in [2.24, 2.45) is 5.41 Å². The molecule has 2 N–H and O–H groups in total.